The maximum absolute atomic E-state index is 13.3. The second-order valence-electron chi connectivity index (χ2n) is 7.75. The summed E-state index contributed by atoms with van der Waals surface area (Å²) < 4.78 is 34.1. The minimum Gasteiger partial charge on any atom is -0.494 e. The van der Waals surface area contributed by atoms with Crippen LogP contribution in [0.3, 0.4) is 0 Å². The lowest BCUT2D eigenvalue weighted by Crippen LogP contribution is -2.29. The summed E-state index contributed by atoms with van der Waals surface area (Å²) in [5.74, 6) is 1.11. The third-order valence-corrected chi connectivity index (χ3v) is 6.57. The van der Waals surface area contributed by atoms with Gasteiger partial charge >= 0.3 is 0 Å². The summed E-state index contributed by atoms with van der Waals surface area (Å²) in [4.78, 5) is 25.4. The van der Waals surface area contributed by atoms with Gasteiger partial charge in [-0.05, 0) is 37.6 Å². The van der Waals surface area contributed by atoms with E-state index in [0.717, 1.165) is 5.56 Å². The number of methoxy groups -OCH3 is 3. The molecule has 4 rings (SSSR count). The predicted octanol–water partition coefficient (Wildman–Crippen LogP) is 2.80. The quantitative estimate of drug-likeness (QED) is 0.308. The highest BCUT2D eigenvalue weighted by molar-refractivity contribution is 7.87. The molecule has 0 bridgehead atoms. The number of nitrogens with one attached hydrogen (secondary N) is 1. The second-order valence-corrected chi connectivity index (χ2v) is 9.25. The first-order valence-corrected chi connectivity index (χ1v) is 12.3. The molecule has 12 nitrogen and oxygen atoms in total. The summed E-state index contributed by atoms with van der Waals surface area (Å²) in [6, 6.07) is 10.4. The molecule has 0 fully saturated rings. The summed E-state index contributed by atoms with van der Waals surface area (Å²) in [6.07, 6.45) is 3.06. The lowest BCUT2D eigenvalue weighted by Gasteiger charge is -2.18. The number of benzene rings is 1. The van der Waals surface area contributed by atoms with Gasteiger partial charge in [-0.2, -0.15) is 0 Å². The van der Waals surface area contributed by atoms with Gasteiger partial charge in [0.15, 0.2) is 11.6 Å². The van der Waals surface area contributed by atoms with E-state index in [4.69, 9.17) is 14.2 Å². The third kappa shape index (κ3) is 5.26. The normalized spacial score (nSPS) is 12.5. The zero-order valence-electron chi connectivity index (χ0n) is 20.8. The molecule has 0 saturated carbocycles. The first-order chi connectivity index (χ1) is 17.9. The Hall–Kier alpha value is -4.39. The van der Waals surface area contributed by atoms with Gasteiger partial charge in [0.05, 0.1) is 21.3 Å². The van der Waals surface area contributed by atoms with Crippen LogP contribution in [0.2, 0.25) is 0 Å². The molecule has 1 unspecified atom stereocenters. The summed E-state index contributed by atoms with van der Waals surface area (Å²) in [5, 5.41) is 7.51. The molecule has 0 radical (unpaired) electrons. The van der Waals surface area contributed by atoms with Crippen molar-refractivity contribution in [2.24, 2.45) is 0 Å². The second kappa shape index (κ2) is 11.1. The number of aryl methyl sites for hydroxylation is 1. The molecule has 3 aromatic heterocycles. The molecule has 0 aliphatic rings. The number of rotatable bonds is 10. The number of ketones is 1. The topological polar surface area (TPSA) is 143 Å². The molecule has 192 valence electrons. The van der Waals surface area contributed by atoms with E-state index in [2.05, 4.69) is 29.9 Å². The average molecular weight is 524 g/mol. The Kier molecular flexibility index (Phi) is 7.72. The Bertz CT molecular complexity index is 1420. The number of para-hydroxylation sites is 1. The van der Waals surface area contributed by atoms with Gasteiger partial charge in [-0.3, -0.25) is 14.1 Å². The molecule has 0 saturated heterocycles. The average Bonchev–Trinajstić information content (AvgIpc) is 3.34. The first-order valence-electron chi connectivity index (χ1n) is 11.1. The van der Waals surface area contributed by atoms with E-state index in [1.807, 2.05) is 6.92 Å². The molecule has 1 aromatic carbocycles. The lowest BCUT2D eigenvalue weighted by atomic mass is 10.2. The van der Waals surface area contributed by atoms with Gasteiger partial charge in [0, 0.05) is 18.5 Å². The molecule has 0 spiro atoms. The van der Waals surface area contributed by atoms with Gasteiger partial charge in [0.25, 0.3) is 0 Å². The number of aromatic nitrogens is 6. The van der Waals surface area contributed by atoms with Crippen LogP contribution in [0.5, 0.6) is 17.4 Å². The minimum atomic E-state index is -1.93. The number of hydrogen-bond donors (Lipinski definition) is 1. The van der Waals surface area contributed by atoms with Crippen molar-refractivity contribution >= 4 is 22.7 Å². The smallest absolute Gasteiger partial charge is 0.241 e. The zero-order chi connectivity index (χ0) is 26.5. The van der Waals surface area contributed by atoms with Crippen LogP contribution < -0.4 is 18.9 Å². The fourth-order valence-electron chi connectivity index (χ4n) is 3.41. The summed E-state index contributed by atoms with van der Waals surface area (Å²) >= 11 is 0. The van der Waals surface area contributed by atoms with Gasteiger partial charge in [-0.25, -0.2) is 19.2 Å². The van der Waals surface area contributed by atoms with E-state index in [9.17, 15) is 9.00 Å². The molecule has 4 aromatic rings. The number of pyridine rings is 1. The first kappa shape index (κ1) is 25.7. The van der Waals surface area contributed by atoms with E-state index >= 15 is 0 Å². The predicted molar refractivity (Wildman–Crippen MR) is 137 cm³/mol. The largest absolute Gasteiger partial charge is 0.494 e. The number of anilines is 1. The van der Waals surface area contributed by atoms with Crippen LogP contribution in [0.1, 0.15) is 23.1 Å². The standard InChI is InChI=1S/C24H25N7O5S/c1-14-12-25-22(26-13-14)21(32)15(2)37(33)30-24-29-28-23(16-8-6-11-19(27-16)36-5)31(24)20-17(34-3)9-7-10-18(20)35-4/h6-13,15H,1-5H3,(H,29,30)/t15-,37?/m0/s1. The Morgan fingerprint density at radius 3 is 2.24 bits per heavy atom. The van der Waals surface area contributed by atoms with Crippen molar-refractivity contribution in [3.63, 3.8) is 0 Å². The van der Waals surface area contributed by atoms with E-state index in [0.29, 0.717) is 34.6 Å². The molecule has 0 amide bonds. The van der Waals surface area contributed by atoms with Gasteiger partial charge in [-0.1, -0.05) is 12.1 Å². The molecule has 1 N–H and O–H groups in total. The number of carbonyl (C=O) groups excluding carboxylic acids is 1. The highest BCUT2D eigenvalue weighted by Crippen LogP contribution is 2.37. The maximum atomic E-state index is 13.3. The van der Waals surface area contributed by atoms with Crippen LogP contribution in [0.25, 0.3) is 17.2 Å². The summed E-state index contributed by atoms with van der Waals surface area (Å²) in [5.41, 5.74) is 1.68. The van der Waals surface area contributed by atoms with Crippen LogP contribution in [0.15, 0.2) is 48.8 Å². The van der Waals surface area contributed by atoms with Crippen LogP contribution in [0.4, 0.5) is 5.95 Å². The van der Waals surface area contributed by atoms with E-state index in [-0.39, 0.29) is 11.8 Å². The molecule has 0 aliphatic heterocycles. The number of hydrogen-bond acceptors (Lipinski definition) is 10. The maximum Gasteiger partial charge on any atom is 0.241 e. The molecule has 3 heterocycles. The van der Waals surface area contributed by atoms with Crippen molar-refractivity contribution in [2.45, 2.75) is 19.1 Å². The number of nitrogens with zero attached hydrogens (tertiary/aromatic N) is 6. The van der Waals surface area contributed by atoms with Crippen LogP contribution in [-0.2, 0) is 11.0 Å². The van der Waals surface area contributed by atoms with Crippen LogP contribution in [0, 0.1) is 6.92 Å². The Labute approximate surface area is 215 Å². The monoisotopic (exact) mass is 523 g/mol. The Morgan fingerprint density at radius 2 is 1.62 bits per heavy atom. The SMILES string of the molecule is COc1cccc(-c2nnc(NS(=O)[C@@H](C)C(=O)c3ncc(C)cn3)n2-c2c(OC)cccc2OC)n1. The van der Waals surface area contributed by atoms with Crippen molar-refractivity contribution in [2.75, 3.05) is 26.1 Å². The molecule has 0 aliphatic carbocycles. The fourth-order valence-corrected chi connectivity index (χ4v) is 4.20. The van der Waals surface area contributed by atoms with Crippen LogP contribution >= 0.6 is 0 Å². The van der Waals surface area contributed by atoms with Gasteiger partial charge in [0.2, 0.25) is 17.6 Å². The summed E-state index contributed by atoms with van der Waals surface area (Å²) in [6.45, 7) is 3.33. The number of ether oxygens (including phenoxy) is 3. The Balaban J connectivity index is 1.79. The van der Waals surface area contributed by atoms with Gasteiger partial charge in [-0.15, -0.1) is 10.2 Å². The fraction of sp³-hybridized carbons (Fsp3) is 0.250. The van der Waals surface area contributed by atoms with Gasteiger partial charge in [0.1, 0.15) is 39.1 Å². The minimum absolute atomic E-state index is 0.0256. The third-order valence-electron chi connectivity index (χ3n) is 5.33. The van der Waals surface area contributed by atoms with Gasteiger partial charge < -0.3 is 14.2 Å². The molecular weight excluding hydrogens is 498 g/mol. The number of carbonyl (C=O) groups is 1. The number of Topliss-reactive ketones (excluding diaryl/α,β-unsaturated/α-hetero) is 1. The van der Waals surface area contributed by atoms with Crippen molar-refractivity contribution in [3.05, 3.63) is 60.2 Å². The molecular formula is C24H25N7O5S. The zero-order valence-corrected chi connectivity index (χ0v) is 21.6. The summed E-state index contributed by atoms with van der Waals surface area (Å²) in [7, 11) is 2.60. The van der Waals surface area contributed by atoms with Crippen molar-refractivity contribution in [3.8, 4) is 34.6 Å². The molecule has 13 heteroatoms. The van der Waals surface area contributed by atoms with Crippen LogP contribution in [-0.4, -0.2) is 66.3 Å². The highest BCUT2D eigenvalue weighted by Gasteiger charge is 2.28. The van der Waals surface area contributed by atoms with E-state index in [1.165, 1.54) is 40.6 Å². The highest BCUT2D eigenvalue weighted by atomic mass is 32.2. The van der Waals surface area contributed by atoms with E-state index < -0.39 is 22.0 Å². The Morgan fingerprint density at radius 1 is 0.973 bits per heavy atom. The van der Waals surface area contributed by atoms with Crippen molar-refractivity contribution in [1.29, 1.82) is 0 Å². The molecule has 2 atom stereocenters. The lowest BCUT2D eigenvalue weighted by molar-refractivity contribution is 0.0983. The molecule has 37 heavy (non-hydrogen) atoms. The van der Waals surface area contributed by atoms with E-state index in [1.54, 1.807) is 41.0 Å². The van der Waals surface area contributed by atoms with Crippen molar-refractivity contribution < 1.29 is 23.2 Å². The van der Waals surface area contributed by atoms with Crippen molar-refractivity contribution in [1.82, 2.24) is 29.7 Å².